The maximum absolute atomic E-state index is 14.2. The van der Waals surface area contributed by atoms with Crippen molar-refractivity contribution in [2.24, 2.45) is 5.41 Å². The first-order chi connectivity index (χ1) is 16.1. The Kier molecular flexibility index (Phi) is 5.95. The van der Waals surface area contributed by atoms with Gasteiger partial charge in [0.1, 0.15) is 17.6 Å². The van der Waals surface area contributed by atoms with E-state index in [4.69, 9.17) is 4.42 Å². The van der Waals surface area contributed by atoms with E-state index in [-0.39, 0.29) is 29.8 Å². The number of fused-ring (bicyclic) bond motifs is 7. The standard InChI is InChI=1S/C28H34N2O3/c1-3-5-10-14-24(31)30-20(4-2)19-28-23-15-17-29(27(28)32)16-12-9-7-6-8-11-13-21-18-22(23)25(33-21)26(28)30/h3-4,18,20,23,26H,1-2,5,7,9-17,19H2/t20-,23-,26?,28-/m0/s1. The van der Waals surface area contributed by atoms with E-state index in [1.807, 2.05) is 17.1 Å². The lowest BCUT2D eigenvalue weighted by molar-refractivity contribution is -0.151. The molecule has 1 aromatic rings. The van der Waals surface area contributed by atoms with E-state index in [1.54, 1.807) is 0 Å². The second-order valence-electron chi connectivity index (χ2n) is 9.91. The zero-order valence-electron chi connectivity index (χ0n) is 19.5. The van der Waals surface area contributed by atoms with Gasteiger partial charge in [-0.1, -0.05) is 12.2 Å². The van der Waals surface area contributed by atoms with E-state index in [1.165, 1.54) is 0 Å². The number of allylic oxidation sites excluding steroid dienone is 1. The van der Waals surface area contributed by atoms with Crippen molar-refractivity contribution in [3.05, 3.63) is 48.5 Å². The van der Waals surface area contributed by atoms with Crippen LogP contribution < -0.4 is 0 Å². The van der Waals surface area contributed by atoms with Crippen LogP contribution in [0.4, 0.5) is 0 Å². The Labute approximate surface area is 196 Å². The summed E-state index contributed by atoms with van der Waals surface area (Å²) < 4.78 is 6.46. The lowest BCUT2D eigenvalue weighted by atomic mass is 9.67. The number of hydrogen-bond acceptors (Lipinski definition) is 3. The van der Waals surface area contributed by atoms with Crippen molar-refractivity contribution in [2.45, 2.75) is 82.2 Å². The molecule has 6 bridgehead atoms. The molecule has 5 heteroatoms. The van der Waals surface area contributed by atoms with E-state index in [9.17, 15) is 9.59 Å². The molecule has 0 saturated carbocycles. The minimum absolute atomic E-state index is 0.0851. The fourth-order valence-corrected chi connectivity index (χ4v) is 6.64. The Bertz CT molecular complexity index is 1030. The number of unbranched alkanes of at least 4 members (excludes halogenated alkanes) is 1. The molecule has 33 heavy (non-hydrogen) atoms. The summed E-state index contributed by atoms with van der Waals surface area (Å²) in [5.41, 5.74) is 0.520. The summed E-state index contributed by atoms with van der Waals surface area (Å²) >= 11 is 0. The summed E-state index contributed by atoms with van der Waals surface area (Å²) in [7, 11) is 0. The molecular formula is C28H34N2O3. The summed E-state index contributed by atoms with van der Waals surface area (Å²) in [6.07, 6.45) is 11.7. The molecule has 2 fully saturated rings. The van der Waals surface area contributed by atoms with Gasteiger partial charge >= 0.3 is 0 Å². The second-order valence-corrected chi connectivity index (χ2v) is 9.91. The lowest BCUT2D eigenvalue weighted by Crippen LogP contribution is -2.53. The number of furan rings is 1. The van der Waals surface area contributed by atoms with E-state index in [0.717, 1.165) is 81.5 Å². The fraction of sp³-hybridized carbons (Fsp3) is 0.571. The van der Waals surface area contributed by atoms with Gasteiger partial charge in [-0.15, -0.1) is 25.0 Å². The van der Waals surface area contributed by atoms with Gasteiger partial charge in [0.25, 0.3) is 0 Å². The second kappa shape index (κ2) is 8.89. The molecule has 174 valence electrons. The molecule has 5 nitrogen and oxygen atoms in total. The molecule has 1 unspecified atom stereocenters. The first-order valence-corrected chi connectivity index (χ1v) is 12.5. The van der Waals surface area contributed by atoms with Gasteiger partial charge in [-0.2, -0.15) is 0 Å². The van der Waals surface area contributed by atoms with E-state index in [0.29, 0.717) is 12.8 Å². The number of likely N-dealkylation sites (tertiary alicyclic amines) is 1. The smallest absolute Gasteiger partial charge is 0.232 e. The van der Waals surface area contributed by atoms with Gasteiger partial charge in [-0.25, -0.2) is 0 Å². The highest BCUT2D eigenvalue weighted by Gasteiger charge is 2.69. The van der Waals surface area contributed by atoms with Crippen LogP contribution in [0.3, 0.4) is 0 Å². The van der Waals surface area contributed by atoms with Crippen LogP contribution in [-0.2, 0) is 16.0 Å². The van der Waals surface area contributed by atoms with Gasteiger partial charge in [0.05, 0.1) is 11.5 Å². The third-order valence-electron chi connectivity index (χ3n) is 8.09. The maximum Gasteiger partial charge on any atom is 0.232 e. The summed E-state index contributed by atoms with van der Waals surface area (Å²) in [5.74, 6) is 8.69. The van der Waals surface area contributed by atoms with Crippen molar-refractivity contribution in [1.82, 2.24) is 9.80 Å². The quantitative estimate of drug-likeness (QED) is 0.367. The SMILES string of the molecule is C=CCCCC(=O)N1C2c3oc4cc3[C@@H]3CCN(CCCCC#CCC4)C(=O)[C@]23C[C@@H]1C=C. The maximum atomic E-state index is 14.2. The molecule has 0 N–H and O–H groups in total. The highest BCUT2D eigenvalue weighted by molar-refractivity contribution is 5.90. The molecule has 0 radical (unpaired) electrons. The number of hydrogen-bond donors (Lipinski definition) is 0. The summed E-state index contributed by atoms with van der Waals surface area (Å²) in [6.45, 7) is 9.37. The van der Waals surface area contributed by atoms with Crippen molar-refractivity contribution >= 4 is 11.8 Å². The van der Waals surface area contributed by atoms with E-state index < -0.39 is 5.41 Å². The van der Waals surface area contributed by atoms with Gasteiger partial charge in [0.15, 0.2) is 0 Å². The molecule has 4 atom stereocenters. The number of rotatable bonds is 5. The van der Waals surface area contributed by atoms with Crippen molar-refractivity contribution in [2.75, 3.05) is 13.1 Å². The molecule has 5 heterocycles. The minimum atomic E-state index is -0.630. The predicted octanol–water partition coefficient (Wildman–Crippen LogP) is 4.90. The number of carbonyl (C=O) groups excluding carboxylic acids is 2. The first-order valence-electron chi connectivity index (χ1n) is 12.5. The Hall–Kier alpha value is -2.74. The molecule has 1 spiro atoms. The predicted molar refractivity (Wildman–Crippen MR) is 127 cm³/mol. The van der Waals surface area contributed by atoms with Crippen LogP contribution in [0, 0.1) is 17.3 Å². The van der Waals surface area contributed by atoms with E-state index in [2.05, 4.69) is 36.0 Å². The van der Waals surface area contributed by atoms with E-state index >= 15 is 0 Å². The Morgan fingerprint density at radius 2 is 2.09 bits per heavy atom. The largest absolute Gasteiger partial charge is 0.463 e. The zero-order chi connectivity index (χ0) is 23.0. The van der Waals surface area contributed by atoms with Crippen molar-refractivity contribution < 1.29 is 14.0 Å². The number of amides is 2. The van der Waals surface area contributed by atoms with Gasteiger partial charge in [0.2, 0.25) is 11.8 Å². The summed E-state index contributed by atoms with van der Waals surface area (Å²) in [6, 6.07) is 1.68. The van der Waals surface area contributed by atoms with Crippen LogP contribution in [-0.4, -0.2) is 40.7 Å². The monoisotopic (exact) mass is 446 g/mol. The molecule has 1 aromatic heterocycles. The average Bonchev–Trinajstić information content (AvgIpc) is 3.43. The van der Waals surface area contributed by atoms with Crippen LogP contribution in [0.1, 0.15) is 86.8 Å². The molecule has 4 aliphatic heterocycles. The minimum Gasteiger partial charge on any atom is -0.463 e. The van der Waals surface area contributed by atoms with Crippen LogP contribution in [0.15, 0.2) is 35.8 Å². The summed E-state index contributed by atoms with van der Waals surface area (Å²) in [5, 5.41) is 0. The molecular weight excluding hydrogens is 412 g/mol. The van der Waals surface area contributed by atoms with Crippen molar-refractivity contribution in [3.8, 4) is 11.8 Å². The fourth-order valence-electron chi connectivity index (χ4n) is 6.64. The van der Waals surface area contributed by atoms with Gasteiger partial charge in [0, 0.05) is 50.3 Å². The molecule has 6 rings (SSSR count). The lowest BCUT2D eigenvalue weighted by Gasteiger charge is -2.44. The Morgan fingerprint density at radius 3 is 2.91 bits per heavy atom. The van der Waals surface area contributed by atoms with Gasteiger partial charge < -0.3 is 14.2 Å². The Morgan fingerprint density at radius 1 is 1.24 bits per heavy atom. The zero-order valence-corrected chi connectivity index (χ0v) is 19.5. The van der Waals surface area contributed by atoms with Crippen molar-refractivity contribution in [1.29, 1.82) is 0 Å². The summed E-state index contributed by atoms with van der Waals surface area (Å²) in [4.78, 5) is 31.7. The van der Waals surface area contributed by atoms with Crippen LogP contribution in [0.25, 0.3) is 0 Å². The highest BCUT2D eigenvalue weighted by atomic mass is 16.3. The number of piperidine rings is 1. The van der Waals surface area contributed by atoms with Crippen LogP contribution in [0.5, 0.6) is 0 Å². The average molecular weight is 447 g/mol. The normalized spacial score (nSPS) is 30.4. The number of nitrogens with zero attached hydrogens (tertiary/aromatic N) is 2. The highest BCUT2D eigenvalue weighted by Crippen LogP contribution is 2.67. The topological polar surface area (TPSA) is 53.8 Å². The number of carbonyl (C=O) groups is 2. The molecule has 5 aliphatic rings. The molecule has 1 aliphatic carbocycles. The third kappa shape index (κ3) is 3.46. The molecule has 2 saturated heterocycles. The Balaban J connectivity index is 1.59. The third-order valence-corrected chi connectivity index (χ3v) is 8.09. The van der Waals surface area contributed by atoms with Crippen LogP contribution >= 0.6 is 0 Å². The molecule has 0 aromatic carbocycles. The molecule has 2 amide bonds. The van der Waals surface area contributed by atoms with Crippen molar-refractivity contribution in [3.63, 3.8) is 0 Å². The van der Waals surface area contributed by atoms with Crippen LogP contribution in [0.2, 0.25) is 0 Å². The first kappa shape index (κ1) is 22.1. The number of aryl methyl sites for hydroxylation is 1. The van der Waals surface area contributed by atoms with Gasteiger partial charge in [-0.3, -0.25) is 9.59 Å². The van der Waals surface area contributed by atoms with Gasteiger partial charge in [-0.05, 0) is 44.6 Å².